The van der Waals surface area contributed by atoms with Crippen molar-refractivity contribution in [1.82, 2.24) is 5.32 Å². The van der Waals surface area contributed by atoms with Crippen LogP contribution in [-0.2, 0) is 4.74 Å². The van der Waals surface area contributed by atoms with Crippen LogP contribution in [0, 0.1) is 0 Å². The topological polar surface area (TPSA) is 30.5 Å². The van der Waals surface area contributed by atoms with E-state index in [1.807, 2.05) is 12.1 Å². The lowest BCUT2D eigenvalue weighted by Gasteiger charge is -2.22. The molecule has 1 N–H and O–H groups in total. The van der Waals surface area contributed by atoms with Gasteiger partial charge in [-0.05, 0) is 42.6 Å². The second-order valence-electron chi connectivity index (χ2n) is 5.24. The summed E-state index contributed by atoms with van der Waals surface area (Å²) in [5.41, 5.74) is 1.22. The molecule has 20 heavy (non-hydrogen) atoms. The lowest BCUT2D eigenvalue weighted by molar-refractivity contribution is 0.0799. The van der Waals surface area contributed by atoms with Gasteiger partial charge < -0.3 is 14.8 Å². The number of hydrogen-bond donors (Lipinski definition) is 1. The molecule has 3 nitrogen and oxygen atoms in total. The summed E-state index contributed by atoms with van der Waals surface area (Å²) in [6.45, 7) is 8.90. The van der Waals surface area contributed by atoms with Crippen molar-refractivity contribution in [2.24, 2.45) is 0 Å². The van der Waals surface area contributed by atoms with E-state index in [4.69, 9.17) is 9.47 Å². The molecule has 0 amide bonds. The van der Waals surface area contributed by atoms with Crippen molar-refractivity contribution in [2.45, 2.75) is 39.2 Å². The zero-order chi connectivity index (χ0) is 15.0. The van der Waals surface area contributed by atoms with E-state index in [0.29, 0.717) is 12.5 Å². The van der Waals surface area contributed by atoms with Crippen LogP contribution in [0.4, 0.5) is 0 Å². The summed E-state index contributed by atoms with van der Waals surface area (Å²) in [6.07, 6.45) is 1.15. The molecule has 1 rings (SSSR count). The Morgan fingerprint density at radius 3 is 2.65 bits per heavy atom. The van der Waals surface area contributed by atoms with Crippen molar-refractivity contribution in [3.8, 4) is 5.75 Å². The Bertz CT molecular complexity index is 396. The van der Waals surface area contributed by atoms with Crippen molar-refractivity contribution in [2.75, 3.05) is 26.8 Å². The van der Waals surface area contributed by atoms with Crippen molar-refractivity contribution < 1.29 is 9.47 Å². The highest BCUT2D eigenvalue weighted by Crippen LogP contribution is 2.30. The maximum absolute atomic E-state index is 6.14. The fourth-order valence-electron chi connectivity index (χ4n) is 2.02. The molecule has 1 unspecified atom stereocenters. The van der Waals surface area contributed by atoms with Crippen LogP contribution in [0.2, 0.25) is 0 Å². The molecule has 1 aromatic carbocycles. The van der Waals surface area contributed by atoms with Gasteiger partial charge in [0.15, 0.2) is 0 Å². The van der Waals surface area contributed by atoms with E-state index in [9.17, 15) is 0 Å². The molecule has 0 aromatic heterocycles. The maximum atomic E-state index is 6.14. The van der Waals surface area contributed by atoms with Crippen molar-refractivity contribution >= 4 is 15.9 Å². The molecule has 0 saturated carbocycles. The average molecular weight is 344 g/mol. The number of methoxy groups -OCH3 is 1. The summed E-state index contributed by atoms with van der Waals surface area (Å²) in [6, 6.07) is 6.18. The molecule has 0 spiro atoms. The fourth-order valence-corrected chi connectivity index (χ4v) is 2.40. The summed E-state index contributed by atoms with van der Waals surface area (Å²) in [7, 11) is 1.71. The molecule has 0 heterocycles. The molecule has 1 atom stereocenters. The predicted octanol–water partition coefficient (Wildman–Crippen LogP) is 3.97. The molecule has 0 fully saturated rings. The Hall–Kier alpha value is -0.580. The largest absolute Gasteiger partial charge is 0.486 e. The molecule has 1 aromatic rings. The number of benzene rings is 1. The van der Waals surface area contributed by atoms with Gasteiger partial charge in [0.05, 0.1) is 6.61 Å². The van der Waals surface area contributed by atoms with Crippen LogP contribution < -0.4 is 10.1 Å². The van der Waals surface area contributed by atoms with Crippen molar-refractivity contribution in [1.29, 1.82) is 0 Å². The van der Waals surface area contributed by atoms with Crippen LogP contribution in [0.15, 0.2) is 22.7 Å². The van der Waals surface area contributed by atoms with Crippen LogP contribution in [-0.4, -0.2) is 32.9 Å². The highest BCUT2D eigenvalue weighted by Gasteiger charge is 2.14. The van der Waals surface area contributed by atoms with E-state index in [-0.39, 0.29) is 6.10 Å². The summed E-state index contributed by atoms with van der Waals surface area (Å²) in [5.74, 6) is 1.37. The quantitative estimate of drug-likeness (QED) is 0.688. The van der Waals surface area contributed by atoms with Gasteiger partial charge in [-0.3, -0.25) is 0 Å². The van der Waals surface area contributed by atoms with Crippen LogP contribution in [0.1, 0.15) is 38.7 Å². The molecule has 0 aliphatic heterocycles. The fraction of sp³-hybridized carbons (Fsp3) is 0.625. The third kappa shape index (κ3) is 5.81. The van der Waals surface area contributed by atoms with Gasteiger partial charge in [0, 0.05) is 18.1 Å². The van der Waals surface area contributed by atoms with Crippen LogP contribution in [0.3, 0.4) is 0 Å². The van der Waals surface area contributed by atoms with E-state index < -0.39 is 0 Å². The highest BCUT2D eigenvalue weighted by atomic mass is 79.9. The first kappa shape index (κ1) is 17.5. The van der Waals surface area contributed by atoms with Gasteiger partial charge in [-0.25, -0.2) is 0 Å². The van der Waals surface area contributed by atoms with Gasteiger partial charge in [-0.2, -0.15) is 0 Å². The number of ether oxygens (including phenoxy) is 2. The molecule has 0 aliphatic carbocycles. The summed E-state index contributed by atoms with van der Waals surface area (Å²) >= 11 is 3.52. The van der Waals surface area contributed by atoms with Gasteiger partial charge in [-0.1, -0.05) is 36.7 Å². The molecule has 114 valence electrons. The molecule has 0 aliphatic rings. The monoisotopic (exact) mass is 343 g/mol. The van der Waals surface area contributed by atoms with E-state index in [1.165, 1.54) is 5.56 Å². The van der Waals surface area contributed by atoms with E-state index in [2.05, 4.69) is 48.1 Å². The Kier molecular flexibility index (Phi) is 8.19. The van der Waals surface area contributed by atoms with Gasteiger partial charge in [0.2, 0.25) is 0 Å². The molecule has 0 bridgehead atoms. The minimum Gasteiger partial charge on any atom is -0.486 e. The Morgan fingerprint density at radius 1 is 1.30 bits per heavy atom. The maximum Gasteiger partial charge on any atom is 0.134 e. The predicted molar refractivity (Wildman–Crippen MR) is 87.7 cm³/mol. The normalized spacial score (nSPS) is 12.7. The summed E-state index contributed by atoms with van der Waals surface area (Å²) in [5, 5.41) is 3.39. The molecule has 0 radical (unpaired) electrons. The van der Waals surface area contributed by atoms with Crippen molar-refractivity contribution in [3.05, 3.63) is 28.2 Å². The van der Waals surface area contributed by atoms with Gasteiger partial charge in [0.1, 0.15) is 11.9 Å². The SMILES string of the molecule is CCCNCC(COC)Oc1ccc(Br)cc1C(C)C. The average Bonchev–Trinajstić information content (AvgIpc) is 2.41. The second kappa shape index (κ2) is 9.37. The zero-order valence-electron chi connectivity index (χ0n) is 12.9. The zero-order valence-corrected chi connectivity index (χ0v) is 14.5. The van der Waals surface area contributed by atoms with Gasteiger partial charge in [-0.15, -0.1) is 0 Å². The Morgan fingerprint density at radius 2 is 2.05 bits per heavy atom. The van der Waals surface area contributed by atoms with Gasteiger partial charge >= 0.3 is 0 Å². The molecular formula is C16H26BrNO2. The molecular weight excluding hydrogens is 318 g/mol. The lowest BCUT2D eigenvalue weighted by atomic mass is 10.0. The minimum atomic E-state index is 0.0326. The van der Waals surface area contributed by atoms with E-state index in [0.717, 1.165) is 29.7 Å². The smallest absolute Gasteiger partial charge is 0.134 e. The first-order valence-corrected chi connectivity index (χ1v) is 8.03. The Balaban J connectivity index is 2.76. The molecule has 0 saturated heterocycles. The first-order valence-electron chi connectivity index (χ1n) is 7.24. The van der Waals surface area contributed by atoms with Crippen LogP contribution in [0.25, 0.3) is 0 Å². The standard InChI is InChI=1S/C16H26BrNO2/c1-5-8-18-10-14(11-19-4)20-16-7-6-13(17)9-15(16)12(2)3/h6-7,9,12,14,18H,5,8,10-11H2,1-4H3. The van der Waals surface area contributed by atoms with Gasteiger partial charge in [0.25, 0.3) is 0 Å². The minimum absolute atomic E-state index is 0.0326. The number of rotatable bonds is 9. The second-order valence-corrected chi connectivity index (χ2v) is 6.15. The van der Waals surface area contributed by atoms with Crippen LogP contribution >= 0.6 is 15.9 Å². The first-order chi connectivity index (χ1) is 9.58. The summed E-state index contributed by atoms with van der Waals surface area (Å²) < 4.78 is 12.5. The van der Waals surface area contributed by atoms with E-state index in [1.54, 1.807) is 7.11 Å². The summed E-state index contributed by atoms with van der Waals surface area (Å²) in [4.78, 5) is 0. The van der Waals surface area contributed by atoms with E-state index >= 15 is 0 Å². The molecule has 4 heteroatoms. The third-order valence-corrected chi connectivity index (χ3v) is 3.53. The Labute approximate surface area is 131 Å². The number of hydrogen-bond acceptors (Lipinski definition) is 3. The highest BCUT2D eigenvalue weighted by molar-refractivity contribution is 9.10. The lowest BCUT2D eigenvalue weighted by Crippen LogP contribution is -2.35. The number of nitrogens with one attached hydrogen (secondary N) is 1. The number of halogens is 1. The third-order valence-electron chi connectivity index (χ3n) is 3.04. The van der Waals surface area contributed by atoms with Crippen LogP contribution in [0.5, 0.6) is 5.75 Å². The van der Waals surface area contributed by atoms with Crippen molar-refractivity contribution in [3.63, 3.8) is 0 Å².